The maximum absolute atomic E-state index is 5.92. The Kier molecular flexibility index (Phi) is 4.10. The van der Waals surface area contributed by atoms with Crippen molar-refractivity contribution in [3.63, 3.8) is 0 Å². The van der Waals surface area contributed by atoms with Gasteiger partial charge in [0, 0.05) is 15.3 Å². The maximum atomic E-state index is 5.92. The molecular weight excluding hydrogens is 353 g/mol. The molecule has 0 aliphatic heterocycles. The molecule has 1 N–H and O–H groups in total. The highest BCUT2D eigenvalue weighted by Crippen LogP contribution is 2.27. The molecule has 0 bridgehead atoms. The fourth-order valence-corrected chi connectivity index (χ4v) is 2.77. The third kappa shape index (κ3) is 3.12. The highest BCUT2D eigenvalue weighted by molar-refractivity contribution is 14.1. The minimum Gasteiger partial charge on any atom is -0.378 e. The van der Waals surface area contributed by atoms with Gasteiger partial charge in [-0.25, -0.2) is 0 Å². The van der Waals surface area contributed by atoms with Crippen molar-refractivity contribution in [3.05, 3.63) is 49.2 Å². The number of anilines is 1. The van der Waals surface area contributed by atoms with E-state index in [1.165, 1.54) is 9.13 Å². The van der Waals surface area contributed by atoms with Crippen LogP contribution in [0.5, 0.6) is 0 Å². The van der Waals surface area contributed by atoms with Crippen molar-refractivity contribution in [2.75, 3.05) is 5.32 Å². The van der Waals surface area contributed by atoms with Gasteiger partial charge < -0.3 is 5.32 Å². The number of nitrogens with one attached hydrogen (secondary N) is 1. The summed E-state index contributed by atoms with van der Waals surface area (Å²) in [6.45, 7) is 2.14. The maximum Gasteiger partial charge on any atom is 0.0931 e. The van der Waals surface area contributed by atoms with Gasteiger partial charge in [-0.1, -0.05) is 11.6 Å². The van der Waals surface area contributed by atoms with Gasteiger partial charge >= 0.3 is 0 Å². The zero-order chi connectivity index (χ0) is 11.5. The first-order valence-electron chi connectivity index (χ1n) is 4.91. The Morgan fingerprint density at radius 3 is 2.56 bits per heavy atom. The van der Waals surface area contributed by atoms with Gasteiger partial charge in [0.1, 0.15) is 0 Å². The lowest BCUT2D eigenvalue weighted by molar-refractivity contribution is 0.890. The minimum atomic E-state index is 0.281. The minimum absolute atomic E-state index is 0.281. The van der Waals surface area contributed by atoms with Crippen LogP contribution in [0.2, 0.25) is 4.34 Å². The third-order valence-corrected chi connectivity index (χ3v) is 4.14. The van der Waals surface area contributed by atoms with E-state index < -0.39 is 0 Å². The number of hydrogen-bond donors (Lipinski definition) is 1. The second-order valence-electron chi connectivity index (χ2n) is 3.56. The number of rotatable bonds is 3. The van der Waals surface area contributed by atoms with Crippen LogP contribution in [0.15, 0.2) is 35.7 Å². The zero-order valence-corrected chi connectivity index (χ0v) is 12.4. The molecule has 0 spiro atoms. The molecular formula is C12H11ClINS. The van der Waals surface area contributed by atoms with Crippen molar-refractivity contribution in [2.45, 2.75) is 13.0 Å². The molecule has 1 atom stereocenters. The molecule has 0 saturated heterocycles. The van der Waals surface area contributed by atoms with Gasteiger partial charge in [-0.15, -0.1) is 11.3 Å². The fraction of sp³-hybridized carbons (Fsp3) is 0.167. The summed E-state index contributed by atoms with van der Waals surface area (Å²) in [5, 5.41) is 5.53. The Labute approximate surface area is 118 Å². The quantitative estimate of drug-likeness (QED) is 0.741. The summed E-state index contributed by atoms with van der Waals surface area (Å²) < 4.78 is 2.08. The average Bonchev–Trinajstić information content (AvgIpc) is 2.68. The van der Waals surface area contributed by atoms with Gasteiger partial charge in [0.25, 0.3) is 0 Å². The van der Waals surface area contributed by atoms with Gasteiger partial charge in [0.2, 0.25) is 0 Å². The predicted molar refractivity (Wildman–Crippen MR) is 80.5 cm³/mol. The largest absolute Gasteiger partial charge is 0.378 e. The Morgan fingerprint density at radius 2 is 2.00 bits per heavy atom. The topological polar surface area (TPSA) is 12.0 Å². The second-order valence-corrected chi connectivity index (χ2v) is 6.35. The average molecular weight is 364 g/mol. The molecule has 1 aromatic carbocycles. The molecule has 2 rings (SSSR count). The zero-order valence-electron chi connectivity index (χ0n) is 8.71. The fourth-order valence-electron chi connectivity index (χ4n) is 1.43. The molecule has 16 heavy (non-hydrogen) atoms. The number of benzene rings is 1. The normalized spacial score (nSPS) is 12.4. The number of hydrogen-bond acceptors (Lipinski definition) is 2. The SMILES string of the molecule is CC(Nc1ccc(I)cc1)c1csc(Cl)c1. The summed E-state index contributed by atoms with van der Waals surface area (Å²) >= 11 is 9.79. The molecule has 0 aliphatic carbocycles. The molecule has 2 aromatic rings. The Morgan fingerprint density at radius 1 is 1.31 bits per heavy atom. The number of thiophene rings is 1. The van der Waals surface area contributed by atoms with Crippen LogP contribution in [-0.4, -0.2) is 0 Å². The van der Waals surface area contributed by atoms with Crippen LogP contribution in [0.25, 0.3) is 0 Å². The van der Waals surface area contributed by atoms with E-state index in [0.29, 0.717) is 0 Å². The lowest BCUT2D eigenvalue weighted by Gasteiger charge is -2.13. The van der Waals surface area contributed by atoms with Crippen molar-refractivity contribution in [1.29, 1.82) is 0 Å². The lowest BCUT2D eigenvalue weighted by atomic mass is 10.2. The molecule has 0 fully saturated rings. The number of halogens is 2. The van der Waals surface area contributed by atoms with Gasteiger partial charge in [-0.05, 0) is 70.8 Å². The third-order valence-electron chi connectivity index (χ3n) is 2.32. The van der Waals surface area contributed by atoms with Crippen LogP contribution >= 0.6 is 45.5 Å². The molecule has 0 radical (unpaired) electrons. The van der Waals surface area contributed by atoms with Gasteiger partial charge in [0.15, 0.2) is 0 Å². The summed E-state index contributed by atoms with van der Waals surface area (Å²) in [4.78, 5) is 0. The molecule has 0 saturated carbocycles. The van der Waals surface area contributed by atoms with E-state index >= 15 is 0 Å². The molecule has 1 unspecified atom stereocenters. The molecule has 1 aromatic heterocycles. The summed E-state index contributed by atoms with van der Waals surface area (Å²) in [7, 11) is 0. The van der Waals surface area contributed by atoms with Crippen molar-refractivity contribution in [3.8, 4) is 0 Å². The summed E-state index contributed by atoms with van der Waals surface area (Å²) in [5.41, 5.74) is 2.36. The highest BCUT2D eigenvalue weighted by atomic mass is 127. The lowest BCUT2D eigenvalue weighted by Crippen LogP contribution is -2.05. The van der Waals surface area contributed by atoms with Crippen LogP contribution in [0.4, 0.5) is 5.69 Å². The molecule has 1 heterocycles. The molecule has 0 amide bonds. The van der Waals surface area contributed by atoms with E-state index in [9.17, 15) is 0 Å². The first-order valence-corrected chi connectivity index (χ1v) is 7.25. The molecule has 1 nitrogen and oxygen atoms in total. The van der Waals surface area contributed by atoms with Crippen LogP contribution in [0.1, 0.15) is 18.5 Å². The van der Waals surface area contributed by atoms with Crippen molar-refractivity contribution in [2.24, 2.45) is 0 Å². The van der Waals surface area contributed by atoms with E-state index in [-0.39, 0.29) is 6.04 Å². The Balaban J connectivity index is 2.07. The molecule has 4 heteroatoms. The molecule has 0 aliphatic rings. The van der Waals surface area contributed by atoms with E-state index in [0.717, 1.165) is 10.0 Å². The van der Waals surface area contributed by atoms with Gasteiger partial charge in [-0.3, -0.25) is 0 Å². The Bertz CT molecular complexity index is 466. The highest BCUT2D eigenvalue weighted by Gasteiger charge is 2.07. The van der Waals surface area contributed by atoms with Crippen LogP contribution in [-0.2, 0) is 0 Å². The molecule has 84 valence electrons. The van der Waals surface area contributed by atoms with Crippen LogP contribution < -0.4 is 5.32 Å². The van der Waals surface area contributed by atoms with Crippen molar-refractivity contribution in [1.82, 2.24) is 0 Å². The Hall–Kier alpha value is -0.260. The summed E-state index contributed by atoms with van der Waals surface area (Å²) in [6, 6.07) is 10.7. The standard InChI is InChI=1S/C12H11ClINS/c1-8(9-6-12(13)16-7-9)15-11-4-2-10(14)3-5-11/h2-8,15H,1H3. The smallest absolute Gasteiger partial charge is 0.0931 e. The van der Waals surface area contributed by atoms with Crippen LogP contribution in [0.3, 0.4) is 0 Å². The summed E-state index contributed by atoms with van der Waals surface area (Å²) in [5.74, 6) is 0. The van der Waals surface area contributed by atoms with Crippen LogP contribution in [0, 0.1) is 3.57 Å². The van der Waals surface area contributed by atoms with Gasteiger partial charge in [0.05, 0.1) is 4.34 Å². The van der Waals surface area contributed by atoms with Gasteiger partial charge in [-0.2, -0.15) is 0 Å². The van der Waals surface area contributed by atoms with E-state index in [1.54, 1.807) is 11.3 Å². The second kappa shape index (κ2) is 5.38. The van der Waals surface area contributed by atoms with E-state index in [2.05, 4.69) is 64.5 Å². The monoisotopic (exact) mass is 363 g/mol. The first kappa shape index (κ1) is 12.2. The van der Waals surface area contributed by atoms with Crippen molar-refractivity contribution >= 4 is 51.2 Å². The summed E-state index contributed by atoms with van der Waals surface area (Å²) in [6.07, 6.45) is 0. The van der Waals surface area contributed by atoms with Crippen molar-refractivity contribution < 1.29 is 0 Å². The van der Waals surface area contributed by atoms with E-state index in [1.807, 2.05) is 6.07 Å². The predicted octanol–water partition coefficient (Wildman–Crippen LogP) is 5.18. The van der Waals surface area contributed by atoms with E-state index in [4.69, 9.17) is 11.6 Å². The first-order chi connectivity index (χ1) is 7.65.